The number of ether oxygens (including phenoxy) is 1. The van der Waals surface area contributed by atoms with Crippen molar-refractivity contribution in [1.82, 2.24) is 0 Å². The van der Waals surface area contributed by atoms with E-state index in [0.717, 1.165) is 4.90 Å². The Hall–Kier alpha value is -3.13. The van der Waals surface area contributed by atoms with E-state index < -0.39 is 18.5 Å². The number of anilines is 2. The molecular formula is C21H22N2O5S. The van der Waals surface area contributed by atoms with Crippen LogP contribution in [-0.4, -0.2) is 36.4 Å². The summed E-state index contributed by atoms with van der Waals surface area (Å²) in [6.07, 6.45) is 1.87. The van der Waals surface area contributed by atoms with Crippen molar-refractivity contribution in [1.29, 1.82) is 0 Å². The van der Waals surface area contributed by atoms with Gasteiger partial charge in [0, 0.05) is 35.2 Å². The molecule has 2 N–H and O–H groups in total. The zero-order valence-electron chi connectivity index (χ0n) is 16.2. The van der Waals surface area contributed by atoms with E-state index in [1.807, 2.05) is 18.4 Å². The number of carbonyl (C=O) groups is 4. The Labute approximate surface area is 173 Å². The van der Waals surface area contributed by atoms with Gasteiger partial charge in [-0.2, -0.15) is 0 Å². The lowest BCUT2D eigenvalue weighted by atomic mass is 10.1. The van der Waals surface area contributed by atoms with E-state index in [2.05, 4.69) is 10.6 Å². The van der Waals surface area contributed by atoms with E-state index in [1.165, 1.54) is 6.92 Å². The molecule has 0 radical (unpaired) electrons. The maximum atomic E-state index is 12.1. The monoisotopic (exact) mass is 414 g/mol. The van der Waals surface area contributed by atoms with Crippen molar-refractivity contribution in [3.8, 4) is 0 Å². The van der Waals surface area contributed by atoms with E-state index in [4.69, 9.17) is 4.74 Å². The fourth-order valence-corrected chi connectivity index (χ4v) is 2.80. The predicted octanol–water partition coefficient (Wildman–Crippen LogP) is 3.51. The Bertz CT molecular complexity index is 879. The van der Waals surface area contributed by atoms with Crippen molar-refractivity contribution in [2.45, 2.75) is 24.7 Å². The first-order valence-corrected chi connectivity index (χ1v) is 10.1. The second-order valence-corrected chi connectivity index (χ2v) is 7.00. The molecule has 2 aromatic rings. The van der Waals surface area contributed by atoms with Crippen LogP contribution in [0.4, 0.5) is 11.4 Å². The van der Waals surface area contributed by atoms with Crippen LogP contribution in [0.5, 0.6) is 0 Å². The van der Waals surface area contributed by atoms with Crippen molar-refractivity contribution >= 4 is 46.7 Å². The number of ketones is 1. The average molecular weight is 414 g/mol. The predicted molar refractivity (Wildman–Crippen MR) is 112 cm³/mol. The van der Waals surface area contributed by atoms with Gasteiger partial charge >= 0.3 is 5.97 Å². The number of thioether (sulfide) groups is 1. The Morgan fingerprint density at radius 2 is 1.45 bits per heavy atom. The van der Waals surface area contributed by atoms with Gasteiger partial charge in [-0.05, 0) is 42.7 Å². The van der Waals surface area contributed by atoms with Crippen LogP contribution >= 0.6 is 11.8 Å². The summed E-state index contributed by atoms with van der Waals surface area (Å²) >= 11 is 1.58. The van der Waals surface area contributed by atoms with E-state index in [9.17, 15) is 19.2 Å². The first-order valence-electron chi connectivity index (χ1n) is 8.88. The molecule has 152 valence electrons. The molecule has 0 aliphatic heterocycles. The quantitative estimate of drug-likeness (QED) is 0.370. The molecule has 0 aromatic heterocycles. The fraction of sp³-hybridized carbons (Fsp3) is 0.238. The summed E-state index contributed by atoms with van der Waals surface area (Å²) in [6.45, 7) is 0.960. The molecule has 0 fully saturated rings. The highest BCUT2D eigenvalue weighted by molar-refractivity contribution is 7.98. The normalized spacial score (nSPS) is 10.1. The van der Waals surface area contributed by atoms with Crippen molar-refractivity contribution in [3.05, 3.63) is 54.1 Å². The number of hydrogen-bond acceptors (Lipinski definition) is 6. The molecule has 0 atom stereocenters. The number of rotatable bonds is 9. The van der Waals surface area contributed by atoms with Crippen molar-refractivity contribution in [2.24, 2.45) is 0 Å². The molecular weight excluding hydrogens is 392 g/mol. The van der Waals surface area contributed by atoms with Gasteiger partial charge in [-0.3, -0.25) is 19.2 Å². The molecule has 7 nitrogen and oxygen atoms in total. The van der Waals surface area contributed by atoms with Gasteiger partial charge in [0.05, 0.1) is 6.42 Å². The third-order valence-electron chi connectivity index (χ3n) is 3.82. The summed E-state index contributed by atoms with van der Waals surface area (Å²) in [7, 11) is 0. The van der Waals surface area contributed by atoms with Gasteiger partial charge < -0.3 is 15.4 Å². The topological polar surface area (TPSA) is 102 Å². The molecule has 0 unspecified atom stereocenters. The largest absolute Gasteiger partial charge is 0.456 e. The van der Waals surface area contributed by atoms with Crippen LogP contribution in [0, 0.1) is 0 Å². The average Bonchev–Trinajstić information content (AvgIpc) is 2.71. The molecule has 2 rings (SSSR count). The van der Waals surface area contributed by atoms with Crippen LogP contribution in [0.25, 0.3) is 0 Å². The van der Waals surface area contributed by atoms with Crippen LogP contribution in [0.3, 0.4) is 0 Å². The Morgan fingerprint density at radius 3 is 2.00 bits per heavy atom. The highest BCUT2D eigenvalue weighted by Crippen LogP contribution is 2.16. The zero-order chi connectivity index (χ0) is 21.2. The van der Waals surface area contributed by atoms with Crippen LogP contribution in [-0.2, 0) is 19.1 Å². The minimum atomic E-state index is -0.616. The molecule has 8 heteroatoms. The van der Waals surface area contributed by atoms with Crippen LogP contribution < -0.4 is 10.6 Å². The standard InChI is InChI=1S/C21H22N2O5S/c1-14(24)22-16-5-7-17(8-6-16)23-20(26)13-28-21(27)12-11-19(25)15-3-9-18(29-2)10-4-15/h3-10H,11-13H2,1-2H3,(H,22,24)(H,23,26). The van der Waals surface area contributed by atoms with E-state index in [1.54, 1.807) is 48.2 Å². The minimum Gasteiger partial charge on any atom is -0.456 e. The van der Waals surface area contributed by atoms with Gasteiger partial charge in [-0.25, -0.2) is 0 Å². The second-order valence-electron chi connectivity index (χ2n) is 6.12. The van der Waals surface area contributed by atoms with E-state index in [-0.39, 0.29) is 24.5 Å². The van der Waals surface area contributed by atoms with Gasteiger partial charge in [-0.15, -0.1) is 11.8 Å². The Morgan fingerprint density at radius 1 is 0.862 bits per heavy atom. The van der Waals surface area contributed by atoms with Crippen molar-refractivity contribution in [3.63, 3.8) is 0 Å². The molecule has 2 aromatic carbocycles. The second kappa shape index (κ2) is 11.0. The minimum absolute atomic E-state index is 0.0175. The summed E-state index contributed by atoms with van der Waals surface area (Å²) < 4.78 is 4.91. The molecule has 29 heavy (non-hydrogen) atoms. The van der Waals surface area contributed by atoms with Gasteiger partial charge in [0.25, 0.3) is 5.91 Å². The maximum Gasteiger partial charge on any atom is 0.306 e. The highest BCUT2D eigenvalue weighted by Gasteiger charge is 2.12. The summed E-state index contributed by atoms with van der Waals surface area (Å²) in [4.78, 5) is 47.8. The molecule has 0 heterocycles. The molecule has 0 bridgehead atoms. The maximum absolute atomic E-state index is 12.1. The molecule has 0 saturated carbocycles. The summed E-state index contributed by atoms with van der Waals surface area (Å²) in [5.74, 6) is -1.46. The fourth-order valence-electron chi connectivity index (χ4n) is 2.39. The van der Waals surface area contributed by atoms with Crippen molar-refractivity contribution in [2.75, 3.05) is 23.5 Å². The lowest BCUT2D eigenvalue weighted by molar-refractivity contribution is -0.147. The number of amides is 2. The van der Waals surface area contributed by atoms with Gasteiger partial charge in [0.1, 0.15) is 0 Å². The van der Waals surface area contributed by atoms with E-state index >= 15 is 0 Å². The first kappa shape index (κ1) is 22.2. The van der Waals surface area contributed by atoms with Gasteiger partial charge in [-0.1, -0.05) is 12.1 Å². The Balaban J connectivity index is 1.71. The summed E-state index contributed by atoms with van der Waals surface area (Å²) in [6, 6.07) is 13.7. The first-order chi connectivity index (χ1) is 13.9. The molecule has 0 spiro atoms. The summed E-state index contributed by atoms with van der Waals surface area (Å²) in [5.41, 5.74) is 1.65. The molecule has 0 aliphatic carbocycles. The number of carbonyl (C=O) groups excluding carboxylic acids is 4. The van der Waals surface area contributed by atoms with Crippen molar-refractivity contribution < 1.29 is 23.9 Å². The SMILES string of the molecule is CSc1ccc(C(=O)CCC(=O)OCC(=O)Nc2ccc(NC(C)=O)cc2)cc1. The molecule has 0 aliphatic rings. The third-order valence-corrected chi connectivity index (χ3v) is 4.57. The third kappa shape index (κ3) is 7.79. The van der Waals surface area contributed by atoms with Gasteiger partial charge in [0.15, 0.2) is 12.4 Å². The van der Waals surface area contributed by atoms with Crippen LogP contribution in [0.2, 0.25) is 0 Å². The number of benzene rings is 2. The molecule has 0 saturated heterocycles. The van der Waals surface area contributed by atoms with E-state index in [0.29, 0.717) is 16.9 Å². The number of nitrogens with one attached hydrogen (secondary N) is 2. The van der Waals surface area contributed by atoms with Crippen LogP contribution in [0.15, 0.2) is 53.4 Å². The zero-order valence-corrected chi connectivity index (χ0v) is 17.0. The number of Topliss-reactive ketones (excluding diaryl/α,β-unsaturated/α-hetero) is 1. The van der Waals surface area contributed by atoms with Gasteiger partial charge in [0.2, 0.25) is 5.91 Å². The Kier molecular flexibility index (Phi) is 8.42. The number of esters is 1. The lowest BCUT2D eigenvalue weighted by Gasteiger charge is -2.08. The van der Waals surface area contributed by atoms with Crippen LogP contribution in [0.1, 0.15) is 30.1 Å². The highest BCUT2D eigenvalue weighted by atomic mass is 32.2. The lowest BCUT2D eigenvalue weighted by Crippen LogP contribution is -2.21. The smallest absolute Gasteiger partial charge is 0.306 e. The number of hydrogen-bond donors (Lipinski definition) is 2. The summed E-state index contributed by atoms with van der Waals surface area (Å²) in [5, 5.41) is 5.20. The molecule has 2 amide bonds.